The molecule has 3 nitrogen and oxygen atoms in total. The Morgan fingerprint density at radius 3 is 2.90 bits per heavy atom. The zero-order chi connectivity index (χ0) is 14.1. The molecule has 0 saturated heterocycles. The molecule has 106 valence electrons. The lowest BCUT2D eigenvalue weighted by molar-refractivity contribution is 0.0721. The average molecular weight is 288 g/mol. The number of hydrogen-bond donors (Lipinski definition) is 1. The van der Waals surface area contributed by atoms with Crippen molar-refractivity contribution in [2.45, 2.75) is 38.5 Å². The van der Waals surface area contributed by atoms with E-state index in [1.807, 2.05) is 24.4 Å². The van der Waals surface area contributed by atoms with Gasteiger partial charge in [0.05, 0.1) is 12.6 Å². The first kappa shape index (κ1) is 13.7. The highest BCUT2D eigenvalue weighted by molar-refractivity contribution is 7.11. The highest BCUT2D eigenvalue weighted by atomic mass is 32.1. The van der Waals surface area contributed by atoms with E-state index in [1.54, 1.807) is 11.3 Å². The van der Waals surface area contributed by atoms with Crippen LogP contribution in [0.1, 0.15) is 34.0 Å². The summed E-state index contributed by atoms with van der Waals surface area (Å²) in [5.74, 6) is 0. The first-order chi connectivity index (χ1) is 9.69. The maximum absolute atomic E-state index is 10.5. The van der Waals surface area contributed by atoms with Gasteiger partial charge in [-0.2, -0.15) is 0 Å². The quantitative estimate of drug-likeness (QED) is 0.940. The van der Waals surface area contributed by atoms with Crippen LogP contribution in [0.25, 0.3) is 0 Å². The third-order valence-electron chi connectivity index (χ3n) is 4.07. The number of aryl methyl sites for hydroxylation is 1. The molecule has 1 aliphatic carbocycles. The molecule has 1 heterocycles. The van der Waals surface area contributed by atoms with E-state index in [9.17, 15) is 5.11 Å². The van der Waals surface area contributed by atoms with Crippen LogP contribution < -0.4 is 0 Å². The Hall–Kier alpha value is -1.23. The van der Waals surface area contributed by atoms with Crippen LogP contribution in [0, 0.1) is 0 Å². The van der Waals surface area contributed by atoms with E-state index in [4.69, 9.17) is 0 Å². The normalized spacial score (nSPS) is 21.4. The molecule has 0 amide bonds. The zero-order valence-corrected chi connectivity index (χ0v) is 12.7. The summed E-state index contributed by atoms with van der Waals surface area (Å²) >= 11 is 1.77. The zero-order valence-electron chi connectivity index (χ0n) is 11.9. The fourth-order valence-electron chi connectivity index (χ4n) is 2.86. The largest absolute Gasteiger partial charge is 0.387 e. The summed E-state index contributed by atoms with van der Waals surface area (Å²) in [5, 5.41) is 11.6. The Morgan fingerprint density at radius 1 is 1.40 bits per heavy atom. The van der Waals surface area contributed by atoms with Crippen molar-refractivity contribution < 1.29 is 5.11 Å². The number of nitrogens with zero attached hydrogens (tertiary/aromatic N) is 2. The predicted molar refractivity (Wildman–Crippen MR) is 81.9 cm³/mol. The number of likely N-dealkylation sites (N-methyl/N-ethyl adjacent to an activating group) is 1. The van der Waals surface area contributed by atoms with E-state index in [2.05, 4.69) is 29.9 Å². The molecule has 1 aromatic carbocycles. The van der Waals surface area contributed by atoms with E-state index >= 15 is 0 Å². The number of aromatic nitrogens is 1. The number of thiazole rings is 1. The van der Waals surface area contributed by atoms with Gasteiger partial charge in [-0.3, -0.25) is 4.90 Å². The summed E-state index contributed by atoms with van der Waals surface area (Å²) in [5.41, 5.74) is 2.35. The Balaban J connectivity index is 1.71. The minimum atomic E-state index is -0.387. The van der Waals surface area contributed by atoms with Crippen molar-refractivity contribution in [2.24, 2.45) is 0 Å². The maximum Gasteiger partial charge on any atom is 0.107 e. The summed E-state index contributed by atoms with van der Waals surface area (Å²) in [7, 11) is 2.08. The number of aliphatic hydroxyl groups is 1. The molecular weight excluding hydrogens is 268 g/mol. The van der Waals surface area contributed by atoms with Crippen LogP contribution in [0.15, 0.2) is 30.5 Å². The number of fused-ring (bicyclic) bond motifs is 1. The molecule has 0 saturated carbocycles. The van der Waals surface area contributed by atoms with Crippen molar-refractivity contribution in [3.63, 3.8) is 0 Å². The minimum Gasteiger partial charge on any atom is -0.387 e. The van der Waals surface area contributed by atoms with Gasteiger partial charge in [-0.05, 0) is 31.0 Å². The maximum atomic E-state index is 10.5. The molecule has 4 heteroatoms. The molecule has 3 rings (SSSR count). The van der Waals surface area contributed by atoms with Gasteiger partial charge >= 0.3 is 0 Å². The predicted octanol–water partition coefficient (Wildman–Crippen LogP) is 2.80. The van der Waals surface area contributed by atoms with Gasteiger partial charge in [0.15, 0.2) is 0 Å². The summed E-state index contributed by atoms with van der Waals surface area (Å²) in [6.07, 6.45) is 3.54. The van der Waals surface area contributed by atoms with E-state index in [1.165, 1.54) is 10.4 Å². The van der Waals surface area contributed by atoms with E-state index < -0.39 is 0 Å². The molecule has 1 aliphatic rings. The fraction of sp³-hybridized carbons (Fsp3) is 0.438. The molecule has 2 atom stereocenters. The summed E-state index contributed by atoms with van der Waals surface area (Å²) in [6, 6.07) is 8.35. The molecule has 0 aliphatic heterocycles. The minimum absolute atomic E-state index is 0.154. The van der Waals surface area contributed by atoms with Gasteiger partial charge in [0.25, 0.3) is 0 Å². The lowest BCUT2D eigenvalue weighted by Gasteiger charge is -2.26. The first-order valence-electron chi connectivity index (χ1n) is 7.08. The number of aliphatic hydroxyl groups excluding tert-OH is 1. The fourth-order valence-corrected chi connectivity index (χ4v) is 3.79. The van der Waals surface area contributed by atoms with Crippen molar-refractivity contribution in [1.29, 1.82) is 0 Å². The van der Waals surface area contributed by atoms with Crippen molar-refractivity contribution in [1.82, 2.24) is 9.88 Å². The Kier molecular flexibility index (Phi) is 3.87. The smallest absolute Gasteiger partial charge is 0.107 e. The van der Waals surface area contributed by atoms with E-state index in [0.29, 0.717) is 0 Å². The molecule has 0 fully saturated rings. The summed E-state index contributed by atoms with van der Waals surface area (Å²) in [4.78, 5) is 8.02. The molecule has 0 radical (unpaired) electrons. The monoisotopic (exact) mass is 288 g/mol. The Bertz CT molecular complexity index is 596. The van der Waals surface area contributed by atoms with E-state index in [0.717, 1.165) is 30.0 Å². The number of rotatable bonds is 4. The Labute approximate surface area is 123 Å². The van der Waals surface area contributed by atoms with Gasteiger partial charge in [0, 0.05) is 17.1 Å². The second-order valence-corrected chi connectivity index (χ2v) is 6.60. The molecule has 20 heavy (non-hydrogen) atoms. The van der Waals surface area contributed by atoms with Crippen LogP contribution in [0.5, 0.6) is 0 Å². The van der Waals surface area contributed by atoms with Crippen molar-refractivity contribution in [2.75, 3.05) is 7.05 Å². The van der Waals surface area contributed by atoms with Crippen molar-refractivity contribution in [3.05, 3.63) is 51.5 Å². The first-order valence-corrected chi connectivity index (χ1v) is 7.90. The van der Waals surface area contributed by atoms with Gasteiger partial charge in [-0.1, -0.05) is 31.2 Å². The third kappa shape index (κ3) is 2.51. The molecule has 1 aromatic heterocycles. The standard InChI is InChI=1S/C16H20N2OS/c1-3-12-9-17-15(20-12)10-18(2)14-8-11-6-4-5-7-13(11)16(14)19/h4-7,9,14,16,19H,3,8,10H2,1-2H3. The van der Waals surface area contributed by atoms with Gasteiger partial charge in [-0.15, -0.1) is 11.3 Å². The van der Waals surface area contributed by atoms with Crippen molar-refractivity contribution in [3.8, 4) is 0 Å². The van der Waals surface area contributed by atoms with Gasteiger partial charge in [-0.25, -0.2) is 4.98 Å². The third-order valence-corrected chi connectivity index (χ3v) is 5.19. The van der Waals surface area contributed by atoms with Gasteiger partial charge in [0.1, 0.15) is 5.01 Å². The van der Waals surface area contributed by atoms with Gasteiger partial charge < -0.3 is 5.11 Å². The van der Waals surface area contributed by atoms with Crippen molar-refractivity contribution >= 4 is 11.3 Å². The molecule has 1 N–H and O–H groups in total. The average Bonchev–Trinajstić information content (AvgIpc) is 3.04. The van der Waals surface area contributed by atoms with Crippen LogP contribution in [-0.4, -0.2) is 28.1 Å². The lowest BCUT2D eigenvalue weighted by atomic mass is 10.1. The number of benzene rings is 1. The SMILES string of the molecule is CCc1cnc(CN(C)C2Cc3ccccc3C2O)s1. The highest BCUT2D eigenvalue weighted by Crippen LogP contribution is 2.34. The summed E-state index contributed by atoms with van der Waals surface area (Å²) < 4.78 is 0. The molecule has 0 spiro atoms. The molecule has 2 unspecified atom stereocenters. The molecule has 2 aromatic rings. The van der Waals surface area contributed by atoms with Crippen LogP contribution in [0.3, 0.4) is 0 Å². The van der Waals surface area contributed by atoms with Crippen LogP contribution >= 0.6 is 11.3 Å². The van der Waals surface area contributed by atoms with Crippen LogP contribution in [0.4, 0.5) is 0 Å². The molecular formula is C16H20N2OS. The Morgan fingerprint density at radius 2 is 2.20 bits per heavy atom. The van der Waals surface area contributed by atoms with Crippen LogP contribution in [0.2, 0.25) is 0 Å². The second-order valence-electron chi connectivity index (χ2n) is 5.40. The number of hydrogen-bond acceptors (Lipinski definition) is 4. The van der Waals surface area contributed by atoms with E-state index in [-0.39, 0.29) is 12.1 Å². The molecule has 0 bridgehead atoms. The second kappa shape index (κ2) is 5.64. The van der Waals surface area contributed by atoms with Gasteiger partial charge in [0.2, 0.25) is 0 Å². The topological polar surface area (TPSA) is 36.4 Å². The van der Waals surface area contributed by atoms with Crippen LogP contribution in [-0.2, 0) is 19.4 Å². The highest BCUT2D eigenvalue weighted by Gasteiger charge is 2.33. The summed E-state index contributed by atoms with van der Waals surface area (Å²) in [6.45, 7) is 2.96. The lowest BCUT2D eigenvalue weighted by Crippen LogP contribution is -2.34.